The summed E-state index contributed by atoms with van der Waals surface area (Å²) in [6.07, 6.45) is -2.60. The molecule has 0 bridgehead atoms. The van der Waals surface area contributed by atoms with Crippen LogP contribution in [0.2, 0.25) is 0 Å². The number of alkyl halides is 2. The van der Waals surface area contributed by atoms with Gasteiger partial charge in [0.1, 0.15) is 0 Å². The van der Waals surface area contributed by atoms with Crippen molar-refractivity contribution in [3.8, 4) is 0 Å². The zero-order valence-electron chi connectivity index (χ0n) is 11.9. The Hall–Kier alpha value is -1.54. The van der Waals surface area contributed by atoms with Crippen LogP contribution in [-0.4, -0.2) is 36.9 Å². The molecule has 1 aliphatic rings. The molecular formula is C14H17F2NO4S. The third kappa shape index (κ3) is 3.61. The average molecular weight is 333 g/mol. The molecule has 0 spiro atoms. The summed E-state index contributed by atoms with van der Waals surface area (Å²) in [7, 11) is -3.66. The van der Waals surface area contributed by atoms with E-state index in [0.717, 1.165) is 4.31 Å². The maximum absolute atomic E-state index is 12.5. The molecule has 0 unspecified atom stereocenters. The molecule has 5 nitrogen and oxygen atoms in total. The summed E-state index contributed by atoms with van der Waals surface area (Å²) in [6, 6.07) is 5.10. The lowest BCUT2D eigenvalue weighted by Gasteiger charge is -2.16. The first-order valence-electron chi connectivity index (χ1n) is 6.78. The molecule has 0 aliphatic carbocycles. The minimum Gasteiger partial charge on any atom is -0.481 e. The van der Waals surface area contributed by atoms with E-state index in [9.17, 15) is 22.0 Å². The minimum atomic E-state index is -3.66. The molecule has 22 heavy (non-hydrogen) atoms. The molecule has 0 aromatic heterocycles. The molecule has 2 rings (SSSR count). The Labute approximate surface area is 127 Å². The Morgan fingerprint density at radius 3 is 2.36 bits per heavy atom. The first-order valence-corrected chi connectivity index (χ1v) is 8.39. The maximum atomic E-state index is 12.5. The molecule has 1 N–H and O–H groups in total. The molecule has 1 aromatic rings. The van der Waals surface area contributed by atoms with Crippen molar-refractivity contribution in [1.29, 1.82) is 0 Å². The van der Waals surface area contributed by atoms with Crippen LogP contribution >= 0.6 is 0 Å². The lowest BCUT2D eigenvalue weighted by atomic mass is 9.99. The number of carboxylic acid groups (broad SMARTS) is 1. The predicted molar refractivity (Wildman–Crippen MR) is 75.9 cm³/mol. The second-order valence-electron chi connectivity index (χ2n) is 5.54. The third-order valence-electron chi connectivity index (χ3n) is 3.87. The number of carbonyl (C=O) groups is 1. The van der Waals surface area contributed by atoms with Crippen LogP contribution in [0.4, 0.5) is 8.78 Å². The number of halogens is 2. The zero-order chi connectivity index (χ0) is 16.5. The molecule has 0 amide bonds. The SMILES string of the molecule is C[C@@H]1CN(S(=O)(=O)Cc2ccc(C(F)F)cc2)C[C@H]1C(=O)O. The van der Waals surface area contributed by atoms with Crippen molar-refractivity contribution in [2.45, 2.75) is 19.1 Å². The Balaban J connectivity index is 2.10. The van der Waals surface area contributed by atoms with Crippen LogP contribution in [0.1, 0.15) is 24.5 Å². The lowest BCUT2D eigenvalue weighted by molar-refractivity contribution is -0.142. The first-order chi connectivity index (χ1) is 10.2. The first kappa shape index (κ1) is 16.8. The van der Waals surface area contributed by atoms with Crippen LogP contribution in [0, 0.1) is 11.8 Å². The van der Waals surface area contributed by atoms with E-state index >= 15 is 0 Å². The van der Waals surface area contributed by atoms with Gasteiger partial charge in [-0.25, -0.2) is 21.5 Å². The fraction of sp³-hybridized carbons (Fsp3) is 0.500. The minimum absolute atomic E-state index is 0.0477. The van der Waals surface area contributed by atoms with Gasteiger partial charge in [0.05, 0.1) is 11.7 Å². The summed E-state index contributed by atoms with van der Waals surface area (Å²) in [5.74, 6) is -2.30. The molecule has 1 heterocycles. The summed E-state index contributed by atoms with van der Waals surface area (Å²) in [5, 5.41) is 9.05. The highest BCUT2D eigenvalue weighted by atomic mass is 32.2. The van der Waals surface area contributed by atoms with E-state index < -0.39 is 28.3 Å². The smallest absolute Gasteiger partial charge is 0.308 e. The number of hydrogen-bond acceptors (Lipinski definition) is 3. The van der Waals surface area contributed by atoms with Gasteiger partial charge in [-0.2, -0.15) is 0 Å². The van der Waals surface area contributed by atoms with Gasteiger partial charge in [0.25, 0.3) is 6.43 Å². The fourth-order valence-corrected chi connectivity index (χ4v) is 4.18. The van der Waals surface area contributed by atoms with Crippen LogP contribution < -0.4 is 0 Å². The van der Waals surface area contributed by atoms with E-state index in [1.165, 1.54) is 24.3 Å². The topological polar surface area (TPSA) is 74.7 Å². The quantitative estimate of drug-likeness (QED) is 0.895. The van der Waals surface area contributed by atoms with Crippen molar-refractivity contribution in [3.63, 3.8) is 0 Å². The highest BCUT2D eigenvalue weighted by molar-refractivity contribution is 7.88. The molecule has 122 valence electrons. The van der Waals surface area contributed by atoms with Gasteiger partial charge in [-0.05, 0) is 11.5 Å². The Bertz CT molecular complexity index is 645. The molecule has 1 aliphatic heterocycles. The van der Waals surface area contributed by atoms with E-state index in [-0.39, 0.29) is 30.3 Å². The van der Waals surface area contributed by atoms with Gasteiger partial charge in [-0.3, -0.25) is 4.79 Å². The Morgan fingerprint density at radius 1 is 1.32 bits per heavy atom. The molecule has 2 atom stereocenters. The molecule has 1 saturated heterocycles. The lowest BCUT2D eigenvalue weighted by Crippen LogP contribution is -2.31. The third-order valence-corrected chi connectivity index (χ3v) is 5.65. The Kier molecular flexibility index (Phi) is 4.81. The predicted octanol–water partition coefficient (Wildman–Crippen LogP) is 2.11. The van der Waals surface area contributed by atoms with E-state index in [1.807, 2.05) is 0 Å². The largest absolute Gasteiger partial charge is 0.481 e. The van der Waals surface area contributed by atoms with Gasteiger partial charge >= 0.3 is 5.97 Å². The number of sulfonamides is 1. The van der Waals surface area contributed by atoms with Crippen molar-refractivity contribution in [2.75, 3.05) is 13.1 Å². The molecular weight excluding hydrogens is 316 g/mol. The molecule has 1 fully saturated rings. The number of aliphatic carboxylic acids is 1. The molecule has 0 saturated carbocycles. The summed E-state index contributed by atoms with van der Waals surface area (Å²) >= 11 is 0. The summed E-state index contributed by atoms with van der Waals surface area (Å²) in [5.41, 5.74) is 0.234. The van der Waals surface area contributed by atoms with E-state index in [0.29, 0.717) is 5.56 Å². The van der Waals surface area contributed by atoms with Crippen molar-refractivity contribution >= 4 is 16.0 Å². The van der Waals surface area contributed by atoms with Crippen LogP contribution in [-0.2, 0) is 20.6 Å². The van der Waals surface area contributed by atoms with Crippen molar-refractivity contribution in [1.82, 2.24) is 4.31 Å². The molecule has 1 aromatic carbocycles. The second-order valence-corrected chi connectivity index (χ2v) is 7.51. The van der Waals surface area contributed by atoms with Gasteiger partial charge in [0.15, 0.2) is 0 Å². The zero-order valence-corrected chi connectivity index (χ0v) is 12.8. The molecule has 0 radical (unpaired) electrons. The summed E-state index contributed by atoms with van der Waals surface area (Å²) in [6.45, 7) is 1.81. The second kappa shape index (κ2) is 6.29. The van der Waals surface area contributed by atoms with Crippen LogP contribution in [0.3, 0.4) is 0 Å². The van der Waals surface area contributed by atoms with Gasteiger partial charge < -0.3 is 5.11 Å². The van der Waals surface area contributed by atoms with Crippen LogP contribution in [0.15, 0.2) is 24.3 Å². The van der Waals surface area contributed by atoms with Crippen LogP contribution in [0.5, 0.6) is 0 Å². The van der Waals surface area contributed by atoms with Crippen molar-refractivity contribution in [3.05, 3.63) is 35.4 Å². The maximum Gasteiger partial charge on any atom is 0.308 e. The van der Waals surface area contributed by atoms with Crippen molar-refractivity contribution < 1.29 is 27.1 Å². The number of hydrogen-bond donors (Lipinski definition) is 1. The Morgan fingerprint density at radius 2 is 1.91 bits per heavy atom. The number of carboxylic acids is 1. The highest BCUT2D eigenvalue weighted by Gasteiger charge is 2.39. The van der Waals surface area contributed by atoms with Gasteiger partial charge in [0, 0.05) is 18.7 Å². The van der Waals surface area contributed by atoms with E-state index in [1.54, 1.807) is 6.92 Å². The fourth-order valence-electron chi connectivity index (χ4n) is 2.53. The summed E-state index contributed by atoms with van der Waals surface area (Å²) in [4.78, 5) is 11.1. The number of rotatable bonds is 5. The normalized spacial score (nSPS) is 23.1. The van der Waals surface area contributed by atoms with Crippen molar-refractivity contribution in [2.24, 2.45) is 11.8 Å². The van der Waals surface area contributed by atoms with E-state index in [2.05, 4.69) is 0 Å². The average Bonchev–Trinajstić information content (AvgIpc) is 2.82. The number of benzene rings is 1. The van der Waals surface area contributed by atoms with E-state index in [4.69, 9.17) is 5.11 Å². The summed E-state index contributed by atoms with van der Waals surface area (Å²) < 4.78 is 50.7. The van der Waals surface area contributed by atoms with Gasteiger partial charge in [0.2, 0.25) is 10.0 Å². The highest BCUT2D eigenvalue weighted by Crippen LogP contribution is 2.27. The van der Waals surface area contributed by atoms with Gasteiger partial charge in [-0.15, -0.1) is 0 Å². The van der Waals surface area contributed by atoms with Crippen LogP contribution in [0.25, 0.3) is 0 Å². The number of nitrogens with zero attached hydrogens (tertiary/aromatic N) is 1. The van der Waals surface area contributed by atoms with Gasteiger partial charge in [-0.1, -0.05) is 31.2 Å². The molecule has 8 heteroatoms. The monoisotopic (exact) mass is 333 g/mol. The standard InChI is InChI=1S/C14H17F2NO4S/c1-9-6-17(7-12(9)14(18)19)22(20,21)8-10-2-4-11(5-3-10)13(15)16/h2-5,9,12-13H,6-8H2,1H3,(H,18,19)/t9-,12-/m1/s1.